The normalized spacial score (nSPS) is 16.1. The van der Waals surface area contributed by atoms with Crippen LogP contribution in [-0.4, -0.2) is 38.5 Å². The zero-order valence-electron chi connectivity index (χ0n) is 15.2. The number of carbonyl (C=O) groups is 1. The molecule has 1 saturated heterocycles. The first-order valence-electron chi connectivity index (χ1n) is 8.71. The predicted octanol–water partition coefficient (Wildman–Crippen LogP) is 3.79. The summed E-state index contributed by atoms with van der Waals surface area (Å²) in [4.78, 5) is 11.9. The number of hydrogen-bond donors (Lipinski definition) is 1. The number of aliphatic carboxylic acids is 1. The zero-order valence-corrected chi connectivity index (χ0v) is 15.2. The predicted molar refractivity (Wildman–Crippen MR) is 98.8 cm³/mol. The highest BCUT2D eigenvalue weighted by atomic mass is 16.5. The molecule has 2 aromatic carbocycles. The number of rotatable bonds is 6. The zero-order chi connectivity index (χ0) is 18.6. The van der Waals surface area contributed by atoms with Crippen molar-refractivity contribution in [1.29, 1.82) is 0 Å². The second-order valence-corrected chi connectivity index (χ2v) is 6.61. The lowest BCUT2D eigenvalue weighted by Gasteiger charge is -2.33. The molecule has 1 fully saturated rings. The summed E-state index contributed by atoms with van der Waals surface area (Å²) < 4.78 is 16.4. The Bertz CT molecular complexity index is 755. The molecule has 26 heavy (non-hydrogen) atoms. The molecule has 0 radical (unpaired) electrons. The molecule has 3 rings (SSSR count). The summed E-state index contributed by atoms with van der Waals surface area (Å²) in [6, 6.07) is 13.6. The van der Waals surface area contributed by atoms with Crippen LogP contribution in [0.4, 0.5) is 0 Å². The van der Waals surface area contributed by atoms with Crippen molar-refractivity contribution in [2.75, 3.05) is 27.4 Å². The fourth-order valence-corrected chi connectivity index (χ4v) is 3.59. The minimum atomic E-state index is -0.762. The number of ether oxygens (including phenoxy) is 3. The average Bonchev–Trinajstić information content (AvgIpc) is 2.68. The minimum absolute atomic E-state index is 0.483. The summed E-state index contributed by atoms with van der Waals surface area (Å²) in [5, 5.41) is 9.81. The van der Waals surface area contributed by atoms with Crippen LogP contribution >= 0.6 is 0 Å². The van der Waals surface area contributed by atoms with Gasteiger partial charge in [-0.1, -0.05) is 30.3 Å². The van der Waals surface area contributed by atoms with Crippen molar-refractivity contribution >= 4 is 5.97 Å². The van der Waals surface area contributed by atoms with Gasteiger partial charge in [0.1, 0.15) is 11.5 Å². The van der Waals surface area contributed by atoms with E-state index in [1.807, 2.05) is 42.5 Å². The van der Waals surface area contributed by atoms with E-state index in [1.54, 1.807) is 14.2 Å². The number of benzene rings is 2. The van der Waals surface area contributed by atoms with Crippen molar-refractivity contribution in [2.24, 2.45) is 5.41 Å². The molecule has 2 aromatic rings. The maximum atomic E-state index is 11.9. The lowest BCUT2D eigenvalue weighted by atomic mass is 9.75. The maximum Gasteiger partial charge on any atom is 0.310 e. The van der Waals surface area contributed by atoms with E-state index in [-0.39, 0.29) is 0 Å². The van der Waals surface area contributed by atoms with Gasteiger partial charge in [0.05, 0.1) is 25.2 Å². The molecule has 0 aliphatic carbocycles. The van der Waals surface area contributed by atoms with Crippen LogP contribution in [-0.2, 0) is 16.0 Å². The Labute approximate surface area is 153 Å². The smallest absolute Gasteiger partial charge is 0.310 e. The molecule has 0 unspecified atom stereocenters. The van der Waals surface area contributed by atoms with Crippen molar-refractivity contribution in [1.82, 2.24) is 0 Å². The topological polar surface area (TPSA) is 65.0 Å². The number of carboxylic acid groups (broad SMARTS) is 1. The Kier molecular flexibility index (Phi) is 5.47. The van der Waals surface area contributed by atoms with E-state index >= 15 is 0 Å². The first-order valence-corrected chi connectivity index (χ1v) is 8.71. The Balaban J connectivity index is 1.98. The van der Waals surface area contributed by atoms with E-state index < -0.39 is 11.4 Å². The Morgan fingerprint density at radius 2 is 1.69 bits per heavy atom. The van der Waals surface area contributed by atoms with Crippen molar-refractivity contribution in [3.8, 4) is 22.6 Å². The molecular weight excluding hydrogens is 332 g/mol. The van der Waals surface area contributed by atoms with Crippen LogP contribution in [0.1, 0.15) is 18.4 Å². The SMILES string of the molecule is COc1cccc(OC)c1-c1cccc(CC2(C(=O)O)CCOCC2)c1. The summed E-state index contributed by atoms with van der Waals surface area (Å²) in [7, 11) is 3.26. The van der Waals surface area contributed by atoms with E-state index in [1.165, 1.54) is 0 Å². The average molecular weight is 356 g/mol. The van der Waals surface area contributed by atoms with E-state index in [0.717, 1.165) is 28.2 Å². The van der Waals surface area contributed by atoms with Gasteiger partial charge in [0.15, 0.2) is 0 Å². The Hall–Kier alpha value is -2.53. The Morgan fingerprint density at radius 3 is 2.27 bits per heavy atom. The van der Waals surface area contributed by atoms with E-state index in [0.29, 0.717) is 32.5 Å². The second kappa shape index (κ2) is 7.79. The van der Waals surface area contributed by atoms with Crippen LogP contribution in [0.3, 0.4) is 0 Å². The van der Waals surface area contributed by atoms with E-state index in [9.17, 15) is 9.90 Å². The second-order valence-electron chi connectivity index (χ2n) is 6.61. The first kappa shape index (κ1) is 18.3. The number of carboxylic acids is 1. The monoisotopic (exact) mass is 356 g/mol. The lowest BCUT2D eigenvalue weighted by molar-refractivity contribution is -0.154. The quantitative estimate of drug-likeness (QED) is 0.853. The third-order valence-corrected chi connectivity index (χ3v) is 5.09. The molecule has 0 amide bonds. The Morgan fingerprint density at radius 1 is 1.08 bits per heavy atom. The summed E-state index contributed by atoms with van der Waals surface area (Å²) >= 11 is 0. The van der Waals surface area contributed by atoms with E-state index in [4.69, 9.17) is 14.2 Å². The first-order chi connectivity index (χ1) is 12.6. The number of methoxy groups -OCH3 is 2. The third kappa shape index (κ3) is 3.53. The van der Waals surface area contributed by atoms with Gasteiger partial charge in [0.25, 0.3) is 0 Å². The highest BCUT2D eigenvalue weighted by Gasteiger charge is 2.40. The van der Waals surface area contributed by atoms with Crippen LogP contribution in [0.5, 0.6) is 11.5 Å². The molecule has 5 nitrogen and oxygen atoms in total. The summed E-state index contributed by atoms with van der Waals surface area (Å²) in [5.74, 6) is 0.696. The van der Waals surface area contributed by atoms with Gasteiger partial charge >= 0.3 is 5.97 Å². The van der Waals surface area contributed by atoms with Gasteiger partial charge in [0, 0.05) is 13.2 Å². The molecule has 138 valence electrons. The summed E-state index contributed by atoms with van der Waals surface area (Å²) in [6.07, 6.45) is 1.55. The molecule has 0 atom stereocenters. The summed E-state index contributed by atoms with van der Waals surface area (Å²) in [5.41, 5.74) is 2.04. The van der Waals surface area contributed by atoms with Crippen LogP contribution in [0.2, 0.25) is 0 Å². The molecule has 5 heteroatoms. The molecular formula is C21H24O5. The highest BCUT2D eigenvalue weighted by molar-refractivity contribution is 5.78. The van der Waals surface area contributed by atoms with Gasteiger partial charge < -0.3 is 19.3 Å². The van der Waals surface area contributed by atoms with Crippen LogP contribution < -0.4 is 9.47 Å². The van der Waals surface area contributed by atoms with Gasteiger partial charge in [-0.05, 0) is 42.5 Å². The van der Waals surface area contributed by atoms with Gasteiger partial charge in [-0.3, -0.25) is 4.79 Å². The van der Waals surface area contributed by atoms with Gasteiger partial charge in [0.2, 0.25) is 0 Å². The van der Waals surface area contributed by atoms with Crippen LogP contribution in [0, 0.1) is 5.41 Å². The van der Waals surface area contributed by atoms with E-state index in [2.05, 4.69) is 0 Å². The minimum Gasteiger partial charge on any atom is -0.496 e. The van der Waals surface area contributed by atoms with Crippen molar-refractivity contribution in [3.05, 3.63) is 48.0 Å². The molecule has 1 N–H and O–H groups in total. The summed E-state index contributed by atoms with van der Waals surface area (Å²) in [6.45, 7) is 0.985. The van der Waals surface area contributed by atoms with Crippen molar-refractivity contribution < 1.29 is 24.1 Å². The molecule has 0 aromatic heterocycles. The molecule has 1 aliphatic heterocycles. The standard InChI is InChI=1S/C21H24O5/c1-24-17-7-4-8-18(25-2)19(17)16-6-3-5-15(13-16)14-21(20(22)23)9-11-26-12-10-21/h3-8,13H,9-12,14H2,1-2H3,(H,22,23). The van der Waals surface area contributed by atoms with Crippen LogP contribution in [0.25, 0.3) is 11.1 Å². The van der Waals surface area contributed by atoms with Gasteiger partial charge in [-0.15, -0.1) is 0 Å². The molecule has 0 saturated carbocycles. The highest BCUT2D eigenvalue weighted by Crippen LogP contribution is 2.40. The maximum absolute atomic E-state index is 11.9. The fourth-order valence-electron chi connectivity index (χ4n) is 3.59. The van der Waals surface area contributed by atoms with Crippen molar-refractivity contribution in [2.45, 2.75) is 19.3 Å². The molecule has 1 heterocycles. The third-order valence-electron chi connectivity index (χ3n) is 5.09. The lowest BCUT2D eigenvalue weighted by Crippen LogP contribution is -2.39. The van der Waals surface area contributed by atoms with Crippen LogP contribution in [0.15, 0.2) is 42.5 Å². The van der Waals surface area contributed by atoms with Crippen molar-refractivity contribution in [3.63, 3.8) is 0 Å². The molecule has 0 bridgehead atoms. The van der Waals surface area contributed by atoms with Gasteiger partial charge in [-0.2, -0.15) is 0 Å². The molecule has 1 aliphatic rings. The largest absolute Gasteiger partial charge is 0.496 e. The molecule has 0 spiro atoms. The fraction of sp³-hybridized carbons (Fsp3) is 0.381. The number of hydrogen-bond acceptors (Lipinski definition) is 4. The van der Waals surface area contributed by atoms with Gasteiger partial charge in [-0.25, -0.2) is 0 Å².